The number of nitrogens with one attached hydrogen (secondary N) is 2. The molecule has 0 aliphatic heterocycles. The van der Waals surface area contributed by atoms with Crippen LogP contribution >= 0.6 is 11.3 Å². The van der Waals surface area contributed by atoms with Crippen LogP contribution in [0.15, 0.2) is 60.5 Å². The molecule has 1 atom stereocenters. The van der Waals surface area contributed by atoms with E-state index >= 15 is 0 Å². The number of imidazole rings is 1. The van der Waals surface area contributed by atoms with E-state index in [0.29, 0.717) is 5.56 Å². The van der Waals surface area contributed by atoms with Crippen molar-refractivity contribution in [1.29, 1.82) is 0 Å². The van der Waals surface area contributed by atoms with Crippen molar-refractivity contribution in [2.75, 3.05) is 5.32 Å². The van der Waals surface area contributed by atoms with Crippen LogP contribution in [0, 0.1) is 6.92 Å². The largest absolute Gasteiger partial charge is 0.338 e. The molecule has 3 heterocycles. The first kappa shape index (κ1) is 19.3. The third-order valence-electron chi connectivity index (χ3n) is 5.05. The van der Waals surface area contributed by atoms with E-state index in [0.717, 1.165) is 50.1 Å². The lowest BCUT2D eigenvalue weighted by atomic mass is 10.1. The van der Waals surface area contributed by atoms with Crippen LogP contribution in [0.25, 0.3) is 33.7 Å². The number of hydrogen-bond donors (Lipinski definition) is 2. The molecule has 5 aromatic rings. The molecule has 0 amide bonds. The summed E-state index contributed by atoms with van der Waals surface area (Å²) >= 11 is 1.52. The Morgan fingerprint density at radius 3 is 2.71 bits per heavy atom. The monoisotopic (exact) mass is 430 g/mol. The Bertz CT molecular complexity index is 1360. The number of alkyl halides is 1. The minimum atomic E-state index is -1.02. The number of aromatic amines is 1. The summed E-state index contributed by atoms with van der Waals surface area (Å²) in [6, 6.07) is 11.4. The van der Waals surface area contributed by atoms with E-state index in [1.54, 1.807) is 18.5 Å². The van der Waals surface area contributed by atoms with Crippen molar-refractivity contribution in [3.8, 4) is 22.6 Å². The summed E-state index contributed by atoms with van der Waals surface area (Å²) in [6.07, 6.45) is 3.97. The van der Waals surface area contributed by atoms with Gasteiger partial charge in [-0.25, -0.2) is 24.3 Å². The van der Waals surface area contributed by atoms with Gasteiger partial charge in [-0.1, -0.05) is 18.2 Å². The topological polar surface area (TPSA) is 79.4 Å². The molecule has 1 unspecified atom stereocenters. The average molecular weight is 431 g/mol. The Hall–Kier alpha value is -3.65. The fourth-order valence-electron chi connectivity index (χ4n) is 3.38. The molecule has 0 radical (unpaired) electrons. The lowest BCUT2D eigenvalue weighted by molar-refractivity contribution is 0.374. The van der Waals surface area contributed by atoms with Crippen LogP contribution in [-0.2, 0) is 0 Å². The number of halogens is 1. The van der Waals surface area contributed by atoms with Gasteiger partial charge in [0.15, 0.2) is 5.13 Å². The summed E-state index contributed by atoms with van der Waals surface area (Å²) in [4.78, 5) is 20.8. The van der Waals surface area contributed by atoms with E-state index in [1.807, 2.05) is 36.6 Å². The molecule has 2 aromatic carbocycles. The van der Waals surface area contributed by atoms with Crippen molar-refractivity contribution < 1.29 is 4.39 Å². The molecule has 0 saturated heterocycles. The van der Waals surface area contributed by atoms with Crippen molar-refractivity contribution in [3.05, 3.63) is 71.6 Å². The smallest absolute Gasteiger partial charge is 0.187 e. The first-order valence-corrected chi connectivity index (χ1v) is 10.7. The van der Waals surface area contributed by atoms with Crippen LogP contribution in [0.4, 0.5) is 15.2 Å². The van der Waals surface area contributed by atoms with Crippen molar-refractivity contribution in [1.82, 2.24) is 24.9 Å². The summed E-state index contributed by atoms with van der Waals surface area (Å²) in [5, 5.41) is 6.14. The maximum Gasteiger partial charge on any atom is 0.187 e. The number of nitrogens with zero attached hydrogens (tertiary/aromatic N) is 4. The second-order valence-corrected chi connectivity index (χ2v) is 8.16. The number of anilines is 2. The van der Waals surface area contributed by atoms with Gasteiger partial charge in [-0.3, -0.25) is 0 Å². The molecule has 0 fully saturated rings. The molecule has 5 rings (SSSR count). The van der Waals surface area contributed by atoms with Gasteiger partial charge in [0.25, 0.3) is 0 Å². The van der Waals surface area contributed by atoms with Crippen molar-refractivity contribution in [2.24, 2.45) is 0 Å². The third-order valence-corrected chi connectivity index (χ3v) is 5.81. The van der Waals surface area contributed by atoms with Crippen LogP contribution in [0.5, 0.6) is 0 Å². The van der Waals surface area contributed by atoms with Crippen LogP contribution < -0.4 is 5.32 Å². The highest BCUT2D eigenvalue weighted by atomic mass is 32.1. The molecular formula is C23H19FN6S. The van der Waals surface area contributed by atoms with Gasteiger partial charge in [-0.2, -0.15) is 0 Å². The molecule has 31 heavy (non-hydrogen) atoms. The Kier molecular flexibility index (Phi) is 4.91. The molecule has 0 aliphatic rings. The summed E-state index contributed by atoms with van der Waals surface area (Å²) in [6.45, 7) is 3.57. The van der Waals surface area contributed by atoms with Gasteiger partial charge in [0, 0.05) is 34.6 Å². The van der Waals surface area contributed by atoms with Gasteiger partial charge in [-0.05, 0) is 43.2 Å². The highest BCUT2D eigenvalue weighted by Crippen LogP contribution is 2.31. The number of aryl methyl sites for hydroxylation is 1. The SMILES string of the molecule is Cc1cc2[nH]c(-c3cccc(C(C)F)c3)nc2cc1Nc1nc(-c2cncnc2)cs1. The highest BCUT2D eigenvalue weighted by Gasteiger charge is 2.12. The zero-order valence-electron chi connectivity index (χ0n) is 16.9. The number of benzene rings is 2. The van der Waals surface area contributed by atoms with Gasteiger partial charge in [0.1, 0.15) is 18.3 Å². The third kappa shape index (κ3) is 3.89. The predicted molar refractivity (Wildman–Crippen MR) is 122 cm³/mol. The maximum atomic E-state index is 13.7. The number of H-pyrrole nitrogens is 1. The van der Waals surface area contributed by atoms with E-state index in [9.17, 15) is 4.39 Å². The molecule has 0 aliphatic carbocycles. The summed E-state index contributed by atoms with van der Waals surface area (Å²) in [5.41, 5.74) is 6.96. The molecule has 154 valence electrons. The molecule has 0 bridgehead atoms. The number of fused-ring (bicyclic) bond motifs is 1. The molecule has 0 spiro atoms. The first-order valence-electron chi connectivity index (χ1n) is 9.79. The van der Waals surface area contributed by atoms with E-state index in [-0.39, 0.29) is 0 Å². The first-order chi connectivity index (χ1) is 15.1. The molecule has 0 saturated carbocycles. The van der Waals surface area contributed by atoms with Crippen LogP contribution in [-0.4, -0.2) is 24.9 Å². The van der Waals surface area contributed by atoms with E-state index < -0.39 is 6.17 Å². The standard InChI is InChI=1S/C23H19FN6S/c1-13-6-19-20(28-22(27-19)16-5-3-4-15(7-16)14(2)24)8-18(13)29-23-30-21(11-31-23)17-9-25-12-26-10-17/h3-12,14H,1-2H3,(H,27,28)(H,29,30). The zero-order valence-corrected chi connectivity index (χ0v) is 17.7. The fraction of sp³-hybridized carbons (Fsp3) is 0.130. The summed E-state index contributed by atoms with van der Waals surface area (Å²) < 4.78 is 13.7. The average Bonchev–Trinajstić information content (AvgIpc) is 3.42. The van der Waals surface area contributed by atoms with Gasteiger partial charge in [-0.15, -0.1) is 11.3 Å². The number of thiazole rings is 1. The summed E-state index contributed by atoms with van der Waals surface area (Å²) in [5.74, 6) is 0.717. The maximum absolute atomic E-state index is 13.7. The lowest BCUT2D eigenvalue weighted by Crippen LogP contribution is -1.93. The Labute approximate surface area is 182 Å². The summed E-state index contributed by atoms with van der Waals surface area (Å²) in [7, 11) is 0. The van der Waals surface area contributed by atoms with Crippen molar-refractivity contribution in [2.45, 2.75) is 20.0 Å². The molecule has 6 nitrogen and oxygen atoms in total. The van der Waals surface area contributed by atoms with Crippen LogP contribution in [0.2, 0.25) is 0 Å². The molecular weight excluding hydrogens is 411 g/mol. The Balaban J connectivity index is 1.45. The van der Waals surface area contributed by atoms with Gasteiger partial charge in [0.05, 0.1) is 16.7 Å². The second kappa shape index (κ2) is 7.88. The van der Waals surface area contributed by atoms with E-state index in [4.69, 9.17) is 4.98 Å². The minimum absolute atomic E-state index is 0.639. The molecule has 3 aromatic heterocycles. The number of rotatable bonds is 5. The quantitative estimate of drug-likeness (QED) is 0.346. The highest BCUT2D eigenvalue weighted by molar-refractivity contribution is 7.14. The number of aromatic nitrogens is 5. The minimum Gasteiger partial charge on any atom is -0.338 e. The van der Waals surface area contributed by atoms with E-state index in [1.165, 1.54) is 24.6 Å². The van der Waals surface area contributed by atoms with Crippen molar-refractivity contribution >= 4 is 33.2 Å². The zero-order chi connectivity index (χ0) is 21.4. The lowest BCUT2D eigenvalue weighted by Gasteiger charge is -2.06. The Morgan fingerprint density at radius 1 is 1.06 bits per heavy atom. The fourth-order valence-corrected chi connectivity index (χ4v) is 4.11. The van der Waals surface area contributed by atoms with Crippen molar-refractivity contribution in [3.63, 3.8) is 0 Å². The Morgan fingerprint density at radius 2 is 1.90 bits per heavy atom. The second-order valence-electron chi connectivity index (χ2n) is 7.30. The molecule has 8 heteroatoms. The number of hydrogen-bond acceptors (Lipinski definition) is 6. The van der Waals surface area contributed by atoms with Crippen LogP contribution in [0.3, 0.4) is 0 Å². The van der Waals surface area contributed by atoms with Gasteiger partial charge < -0.3 is 10.3 Å². The van der Waals surface area contributed by atoms with E-state index in [2.05, 4.69) is 31.3 Å². The van der Waals surface area contributed by atoms with Crippen LogP contribution in [0.1, 0.15) is 24.2 Å². The van der Waals surface area contributed by atoms with Gasteiger partial charge in [0.2, 0.25) is 0 Å². The predicted octanol–water partition coefficient (Wildman–Crippen LogP) is 6.23. The molecule has 2 N–H and O–H groups in total. The van der Waals surface area contributed by atoms with Gasteiger partial charge >= 0.3 is 0 Å². The normalized spacial score (nSPS) is 12.2.